The highest BCUT2D eigenvalue weighted by molar-refractivity contribution is 6.31. The van der Waals surface area contributed by atoms with Gasteiger partial charge in [0.2, 0.25) is 0 Å². The van der Waals surface area contributed by atoms with E-state index in [4.69, 9.17) is 16.6 Å². The van der Waals surface area contributed by atoms with E-state index in [1.165, 1.54) is 21.8 Å². The molecule has 0 saturated carbocycles. The molecule has 2 nitrogen and oxygen atoms in total. The Hall–Kier alpha value is -2.84. The normalized spacial score (nSPS) is 11.6. The van der Waals surface area contributed by atoms with Crippen LogP contribution in [0.1, 0.15) is 0 Å². The monoisotopic (exact) mass is 342 g/mol. The van der Waals surface area contributed by atoms with Crippen LogP contribution in [0.3, 0.4) is 0 Å². The fourth-order valence-corrected chi connectivity index (χ4v) is 3.75. The van der Waals surface area contributed by atoms with Gasteiger partial charge in [-0.2, -0.15) is 0 Å². The molecular weight excluding hydrogens is 328 g/mol. The highest BCUT2D eigenvalue weighted by Crippen LogP contribution is 2.33. The van der Waals surface area contributed by atoms with Crippen LogP contribution in [-0.2, 0) is 7.05 Å². The van der Waals surface area contributed by atoms with Crippen LogP contribution in [0, 0.1) is 0 Å². The molecule has 0 spiro atoms. The summed E-state index contributed by atoms with van der Waals surface area (Å²) in [4.78, 5) is 4.82. The van der Waals surface area contributed by atoms with Crippen LogP contribution in [0.2, 0.25) is 5.02 Å². The molecule has 0 fully saturated rings. The minimum atomic E-state index is 0.759. The number of rotatable bonds is 1. The van der Waals surface area contributed by atoms with Gasteiger partial charge in [-0.05, 0) is 42.5 Å². The summed E-state index contributed by atoms with van der Waals surface area (Å²) in [6.07, 6.45) is 0. The van der Waals surface area contributed by atoms with E-state index in [-0.39, 0.29) is 0 Å². The molecule has 0 aliphatic heterocycles. The van der Waals surface area contributed by atoms with Gasteiger partial charge in [0.25, 0.3) is 0 Å². The predicted octanol–water partition coefficient (Wildman–Crippen LogP) is 6.20. The Kier molecular flexibility index (Phi) is 3.09. The number of aromatic nitrogens is 2. The van der Waals surface area contributed by atoms with Gasteiger partial charge in [-0.25, -0.2) is 4.98 Å². The number of para-hydroxylation sites is 1. The van der Waals surface area contributed by atoms with Gasteiger partial charge >= 0.3 is 0 Å². The van der Waals surface area contributed by atoms with Gasteiger partial charge in [-0.15, -0.1) is 0 Å². The van der Waals surface area contributed by atoms with Gasteiger partial charge in [0, 0.05) is 44.8 Å². The zero-order chi connectivity index (χ0) is 17.0. The molecule has 0 aliphatic rings. The first-order valence-corrected chi connectivity index (χ1v) is 8.62. The van der Waals surface area contributed by atoms with Crippen molar-refractivity contribution < 1.29 is 0 Å². The quantitative estimate of drug-likeness (QED) is 0.354. The average Bonchev–Trinajstić information content (AvgIpc) is 2.93. The van der Waals surface area contributed by atoms with Crippen LogP contribution in [0.25, 0.3) is 44.0 Å². The van der Waals surface area contributed by atoms with E-state index in [0.717, 1.165) is 27.2 Å². The van der Waals surface area contributed by atoms with E-state index in [0.29, 0.717) is 0 Å². The van der Waals surface area contributed by atoms with Crippen molar-refractivity contribution in [2.45, 2.75) is 0 Å². The summed E-state index contributed by atoms with van der Waals surface area (Å²) in [5.41, 5.74) is 5.50. The van der Waals surface area contributed by atoms with Crippen molar-refractivity contribution in [2.24, 2.45) is 7.05 Å². The second-order valence-corrected chi connectivity index (χ2v) is 6.78. The fourth-order valence-electron chi connectivity index (χ4n) is 3.58. The van der Waals surface area contributed by atoms with E-state index in [1.807, 2.05) is 24.3 Å². The minimum absolute atomic E-state index is 0.759. The number of benzene rings is 3. The summed E-state index contributed by atoms with van der Waals surface area (Å²) < 4.78 is 2.21. The van der Waals surface area contributed by atoms with Crippen LogP contribution in [0.5, 0.6) is 0 Å². The maximum Gasteiger partial charge on any atom is 0.0709 e. The van der Waals surface area contributed by atoms with Crippen molar-refractivity contribution in [3.63, 3.8) is 0 Å². The number of aryl methyl sites for hydroxylation is 1. The molecule has 3 aromatic carbocycles. The van der Waals surface area contributed by atoms with Gasteiger partial charge in [-0.1, -0.05) is 41.9 Å². The molecule has 0 bridgehead atoms. The van der Waals surface area contributed by atoms with Crippen molar-refractivity contribution in [1.29, 1.82) is 0 Å². The first-order valence-electron chi connectivity index (χ1n) is 8.24. The van der Waals surface area contributed by atoms with E-state index >= 15 is 0 Å². The van der Waals surface area contributed by atoms with E-state index in [9.17, 15) is 0 Å². The fraction of sp³-hybridized carbons (Fsp3) is 0.0455. The Morgan fingerprint density at radius 1 is 0.800 bits per heavy atom. The summed E-state index contributed by atoms with van der Waals surface area (Å²) in [7, 11) is 2.09. The molecule has 2 aromatic heterocycles. The maximum absolute atomic E-state index is 6.23. The van der Waals surface area contributed by atoms with Gasteiger partial charge < -0.3 is 4.57 Å². The van der Waals surface area contributed by atoms with Gasteiger partial charge in [0.1, 0.15) is 0 Å². The molecule has 120 valence electrons. The molecule has 0 saturated heterocycles. The Bertz CT molecular complexity index is 1270. The first kappa shape index (κ1) is 14.5. The highest BCUT2D eigenvalue weighted by atomic mass is 35.5. The molecular formula is C22H15ClN2. The molecule has 0 amide bonds. The first-order chi connectivity index (χ1) is 12.2. The number of hydrogen-bond donors (Lipinski definition) is 0. The molecule has 0 aliphatic carbocycles. The lowest BCUT2D eigenvalue weighted by atomic mass is 10.1. The zero-order valence-corrected chi connectivity index (χ0v) is 14.5. The molecule has 5 rings (SSSR count). The average molecular weight is 343 g/mol. The Labute approximate surface area is 150 Å². The largest absolute Gasteiger partial charge is 0.344 e. The summed E-state index contributed by atoms with van der Waals surface area (Å²) in [5, 5.41) is 4.29. The molecule has 0 atom stereocenters. The number of nitrogens with zero attached hydrogens (tertiary/aromatic N) is 2. The van der Waals surface area contributed by atoms with Crippen LogP contribution >= 0.6 is 11.6 Å². The zero-order valence-electron chi connectivity index (χ0n) is 13.7. The van der Waals surface area contributed by atoms with Crippen molar-refractivity contribution in [1.82, 2.24) is 9.55 Å². The van der Waals surface area contributed by atoms with Crippen molar-refractivity contribution in [3.8, 4) is 11.3 Å². The van der Waals surface area contributed by atoms with Crippen molar-refractivity contribution in [2.75, 3.05) is 0 Å². The molecule has 2 heterocycles. The predicted molar refractivity (Wildman–Crippen MR) is 106 cm³/mol. The minimum Gasteiger partial charge on any atom is -0.344 e. The Balaban J connectivity index is 1.78. The highest BCUT2D eigenvalue weighted by Gasteiger charge is 2.10. The van der Waals surface area contributed by atoms with Crippen molar-refractivity contribution in [3.05, 3.63) is 77.8 Å². The summed E-state index contributed by atoms with van der Waals surface area (Å²) in [6.45, 7) is 0. The third kappa shape index (κ3) is 2.22. The second kappa shape index (κ2) is 5.33. The second-order valence-electron chi connectivity index (χ2n) is 6.34. The van der Waals surface area contributed by atoms with Crippen LogP contribution in [0.4, 0.5) is 0 Å². The number of hydrogen-bond acceptors (Lipinski definition) is 1. The molecule has 5 aromatic rings. The lowest BCUT2D eigenvalue weighted by Crippen LogP contribution is -1.87. The molecule has 0 radical (unpaired) electrons. The standard InChI is InChI=1S/C22H15ClN2/c1-25-21-10-7-15(12-17(21)18-13-16(23)8-11-22(18)25)20-9-6-14-4-2-3-5-19(14)24-20/h2-13H,1H3. The van der Waals surface area contributed by atoms with Crippen LogP contribution in [0.15, 0.2) is 72.8 Å². The molecule has 3 heteroatoms. The summed E-state index contributed by atoms with van der Waals surface area (Å²) in [6, 6.07) is 25.0. The maximum atomic E-state index is 6.23. The summed E-state index contributed by atoms with van der Waals surface area (Å²) >= 11 is 6.23. The van der Waals surface area contributed by atoms with E-state index < -0.39 is 0 Å². The molecule has 0 N–H and O–H groups in total. The van der Waals surface area contributed by atoms with Gasteiger partial charge in [0.15, 0.2) is 0 Å². The summed E-state index contributed by atoms with van der Waals surface area (Å²) in [5.74, 6) is 0. The lowest BCUT2D eigenvalue weighted by molar-refractivity contribution is 1.01. The SMILES string of the molecule is Cn1c2ccc(Cl)cc2c2cc(-c3ccc4ccccc4n3)ccc21. The topological polar surface area (TPSA) is 17.8 Å². The van der Waals surface area contributed by atoms with Gasteiger partial charge in [-0.3, -0.25) is 0 Å². The smallest absolute Gasteiger partial charge is 0.0709 e. The number of pyridine rings is 1. The van der Waals surface area contributed by atoms with Gasteiger partial charge in [0.05, 0.1) is 11.2 Å². The number of fused-ring (bicyclic) bond motifs is 4. The van der Waals surface area contributed by atoms with Crippen molar-refractivity contribution >= 4 is 44.3 Å². The lowest BCUT2D eigenvalue weighted by Gasteiger charge is -2.04. The molecule has 25 heavy (non-hydrogen) atoms. The Morgan fingerprint density at radius 3 is 2.44 bits per heavy atom. The van der Waals surface area contributed by atoms with E-state index in [1.54, 1.807) is 0 Å². The van der Waals surface area contributed by atoms with E-state index in [2.05, 4.69) is 60.1 Å². The Morgan fingerprint density at radius 2 is 1.56 bits per heavy atom. The number of halogens is 1. The van der Waals surface area contributed by atoms with Crippen LogP contribution in [-0.4, -0.2) is 9.55 Å². The van der Waals surface area contributed by atoms with Crippen LogP contribution < -0.4 is 0 Å². The third-order valence-corrected chi connectivity index (χ3v) is 5.10. The molecule has 0 unspecified atom stereocenters. The third-order valence-electron chi connectivity index (χ3n) is 4.86.